The van der Waals surface area contributed by atoms with Crippen LogP contribution in [0.5, 0.6) is 0 Å². The number of nitrogen functional groups attached to an aromatic ring is 1. The predicted octanol–water partition coefficient (Wildman–Crippen LogP) is 2.53. The molecule has 3 rings (SSSR count). The Balaban J connectivity index is 1.67. The van der Waals surface area contributed by atoms with E-state index in [1.165, 1.54) is 24.7 Å². The summed E-state index contributed by atoms with van der Waals surface area (Å²) < 4.78 is 49.7. The first kappa shape index (κ1) is 18.9. The average molecular weight is 401 g/mol. The Kier molecular flexibility index (Phi) is 5.44. The third-order valence-corrected chi connectivity index (χ3v) is 4.31. The highest BCUT2D eigenvalue weighted by Crippen LogP contribution is 2.23. The van der Waals surface area contributed by atoms with Gasteiger partial charge in [-0.3, -0.25) is 4.79 Å². The molecule has 0 aromatic carbocycles. The Hall–Kier alpha value is -2.89. The van der Waals surface area contributed by atoms with Gasteiger partial charge in [0.05, 0.1) is 24.8 Å². The predicted molar refractivity (Wildman–Crippen MR) is 88.8 cm³/mol. The topological polar surface area (TPSA) is 103 Å². The summed E-state index contributed by atoms with van der Waals surface area (Å²) in [6, 6.07) is 6.30. The van der Waals surface area contributed by atoms with Crippen LogP contribution in [0.25, 0.3) is 11.6 Å². The maximum Gasteiger partial charge on any atom is 0.406 e. The number of hydrogen-bond donors (Lipinski definition) is 1. The van der Waals surface area contributed by atoms with Crippen LogP contribution < -0.4 is 5.84 Å². The van der Waals surface area contributed by atoms with Crippen molar-refractivity contribution in [2.75, 3.05) is 18.1 Å². The molecule has 0 fully saturated rings. The average Bonchev–Trinajstić information content (AvgIpc) is 3.33. The fraction of sp³-hybridized carbons (Fsp3) is 0.267. The summed E-state index contributed by atoms with van der Waals surface area (Å²) in [7, 11) is 0. The quantitative estimate of drug-likeness (QED) is 0.479. The standard InChI is InChI=1S/C15H14F3N5O3S/c16-15(17,18)9-22(7-10-3-1-5-25-10)12(24)8-27-14-21-20-13(23(14)19)11-4-2-6-26-11/h1-6H,7-9,19H2. The van der Waals surface area contributed by atoms with Crippen LogP contribution in [0.1, 0.15) is 5.76 Å². The van der Waals surface area contributed by atoms with Crippen molar-refractivity contribution in [1.29, 1.82) is 0 Å². The molecule has 12 heteroatoms. The summed E-state index contributed by atoms with van der Waals surface area (Å²) in [4.78, 5) is 13.0. The summed E-state index contributed by atoms with van der Waals surface area (Å²) >= 11 is 0.874. The highest BCUT2D eigenvalue weighted by Gasteiger charge is 2.33. The number of aromatic nitrogens is 3. The first-order valence-electron chi connectivity index (χ1n) is 7.57. The number of thioether (sulfide) groups is 1. The third kappa shape index (κ3) is 4.84. The van der Waals surface area contributed by atoms with Crippen molar-refractivity contribution in [1.82, 2.24) is 19.8 Å². The maximum atomic E-state index is 12.8. The molecule has 0 bridgehead atoms. The maximum absolute atomic E-state index is 12.8. The van der Waals surface area contributed by atoms with E-state index in [1.54, 1.807) is 12.1 Å². The molecule has 0 radical (unpaired) electrons. The van der Waals surface area contributed by atoms with E-state index in [9.17, 15) is 18.0 Å². The smallest absolute Gasteiger partial charge is 0.406 e. The highest BCUT2D eigenvalue weighted by atomic mass is 32.2. The van der Waals surface area contributed by atoms with Crippen LogP contribution in [-0.4, -0.2) is 44.2 Å². The second kappa shape index (κ2) is 7.78. The lowest BCUT2D eigenvalue weighted by atomic mass is 10.3. The summed E-state index contributed by atoms with van der Waals surface area (Å²) in [6.07, 6.45) is -1.77. The van der Waals surface area contributed by atoms with Gasteiger partial charge in [0.1, 0.15) is 12.3 Å². The summed E-state index contributed by atoms with van der Waals surface area (Å²) in [6.45, 7) is -1.68. The van der Waals surface area contributed by atoms with Gasteiger partial charge in [-0.2, -0.15) is 13.2 Å². The zero-order valence-corrected chi connectivity index (χ0v) is 14.5. The van der Waals surface area contributed by atoms with Gasteiger partial charge in [0.15, 0.2) is 5.76 Å². The minimum atomic E-state index is -4.53. The fourth-order valence-electron chi connectivity index (χ4n) is 2.21. The molecule has 3 aromatic heterocycles. The third-order valence-electron chi connectivity index (χ3n) is 3.38. The molecule has 0 aliphatic carbocycles. The SMILES string of the molecule is Nn1c(SCC(=O)N(Cc2ccco2)CC(F)(F)F)nnc1-c1ccco1. The number of nitrogens with zero attached hydrogens (tertiary/aromatic N) is 4. The molecule has 2 N–H and O–H groups in total. The van der Waals surface area contributed by atoms with E-state index in [-0.39, 0.29) is 29.0 Å². The van der Waals surface area contributed by atoms with Crippen LogP contribution >= 0.6 is 11.8 Å². The van der Waals surface area contributed by atoms with Gasteiger partial charge in [-0.1, -0.05) is 11.8 Å². The van der Waals surface area contributed by atoms with E-state index in [1.807, 2.05) is 0 Å². The van der Waals surface area contributed by atoms with Crippen LogP contribution in [0.4, 0.5) is 13.2 Å². The number of alkyl halides is 3. The zero-order valence-electron chi connectivity index (χ0n) is 13.7. The number of hydrogen-bond acceptors (Lipinski definition) is 7. The number of rotatable bonds is 7. The highest BCUT2D eigenvalue weighted by molar-refractivity contribution is 7.99. The molecule has 3 aromatic rings. The van der Waals surface area contributed by atoms with E-state index < -0.39 is 18.6 Å². The molecular weight excluding hydrogens is 387 g/mol. The normalized spacial score (nSPS) is 11.7. The molecule has 0 atom stereocenters. The van der Waals surface area contributed by atoms with Crippen molar-refractivity contribution in [3.05, 3.63) is 42.6 Å². The number of amides is 1. The van der Waals surface area contributed by atoms with Gasteiger partial charge >= 0.3 is 6.18 Å². The number of furan rings is 2. The molecule has 3 heterocycles. The summed E-state index contributed by atoms with van der Waals surface area (Å²) in [5.74, 6) is 5.68. The Morgan fingerprint density at radius 1 is 1.22 bits per heavy atom. The van der Waals surface area contributed by atoms with E-state index in [0.717, 1.165) is 16.4 Å². The van der Waals surface area contributed by atoms with Crippen molar-refractivity contribution in [3.8, 4) is 11.6 Å². The molecule has 144 valence electrons. The van der Waals surface area contributed by atoms with Crippen LogP contribution in [0.15, 0.2) is 50.8 Å². The van der Waals surface area contributed by atoms with Crippen molar-refractivity contribution in [2.24, 2.45) is 0 Å². The first-order valence-corrected chi connectivity index (χ1v) is 8.56. The van der Waals surface area contributed by atoms with Crippen LogP contribution in [0.2, 0.25) is 0 Å². The van der Waals surface area contributed by atoms with Gasteiger partial charge in [-0.25, -0.2) is 4.68 Å². The monoisotopic (exact) mass is 401 g/mol. The van der Waals surface area contributed by atoms with Crippen molar-refractivity contribution in [3.63, 3.8) is 0 Å². The number of carbonyl (C=O) groups is 1. The molecule has 0 aliphatic rings. The second-order valence-corrected chi connectivity index (χ2v) is 6.33. The first-order chi connectivity index (χ1) is 12.8. The van der Waals surface area contributed by atoms with E-state index in [2.05, 4.69) is 10.2 Å². The van der Waals surface area contributed by atoms with Gasteiger partial charge in [0, 0.05) is 0 Å². The fourth-order valence-corrected chi connectivity index (χ4v) is 2.97. The lowest BCUT2D eigenvalue weighted by molar-refractivity contribution is -0.161. The zero-order chi connectivity index (χ0) is 19.4. The molecule has 1 amide bonds. The Morgan fingerprint density at radius 2 is 1.96 bits per heavy atom. The van der Waals surface area contributed by atoms with Crippen LogP contribution in [0.3, 0.4) is 0 Å². The molecule has 8 nitrogen and oxygen atoms in total. The van der Waals surface area contributed by atoms with Crippen LogP contribution in [0, 0.1) is 0 Å². The van der Waals surface area contributed by atoms with Gasteiger partial charge in [-0.15, -0.1) is 10.2 Å². The number of carbonyl (C=O) groups excluding carboxylic acids is 1. The summed E-state index contributed by atoms with van der Waals surface area (Å²) in [5, 5.41) is 7.85. The van der Waals surface area contributed by atoms with Gasteiger partial charge in [0.25, 0.3) is 0 Å². The Labute approximate surface area is 155 Å². The molecule has 0 saturated heterocycles. The van der Waals surface area contributed by atoms with Gasteiger partial charge < -0.3 is 19.6 Å². The molecule has 0 saturated carbocycles. The number of halogens is 3. The minimum absolute atomic E-state index is 0.166. The van der Waals surface area contributed by atoms with Gasteiger partial charge in [0.2, 0.25) is 16.9 Å². The minimum Gasteiger partial charge on any atom is -0.467 e. The Bertz CT molecular complexity index is 877. The van der Waals surface area contributed by atoms with E-state index in [0.29, 0.717) is 10.7 Å². The lowest BCUT2D eigenvalue weighted by Crippen LogP contribution is -2.39. The molecule has 0 unspecified atom stereocenters. The van der Waals surface area contributed by atoms with E-state index >= 15 is 0 Å². The largest absolute Gasteiger partial charge is 0.467 e. The summed E-state index contributed by atoms with van der Waals surface area (Å²) in [5.41, 5.74) is 0. The molecular formula is C15H14F3N5O3S. The molecule has 0 aliphatic heterocycles. The molecule has 27 heavy (non-hydrogen) atoms. The van der Waals surface area contributed by atoms with Crippen molar-refractivity contribution in [2.45, 2.75) is 17.9 Å². The lowest BCUT2D eigenvalue weighted by Gasteiger charge is -2.22. The van der Waals surface area contributed by atoms with E-state index in [4.69, 9.17) is 14.7 Å². The second-order valence-electron chi connectivity index (χ2n) is 5.39. The Morgan fingerprint density at radius 3 is 2.59 bits per heavy atom. The van der Waals surface area contributed by atoms with Crippen molar-refractivity contribution < 1.29 is 26.8 Å². The molecule has 0 spiro atoms. The van der Waals surface area contributed by atoms with Crippen molar-refractivity contribution >= 4 is 17.7 Å². The van der Waals surface area contributed by atoms with Gasteiger partial charge in [-0.05, 0) is 24.3 Å². The number of nitrogens with two attached hydrogens (primary N) is 1. The van der Waals surface area contributed by atoms with Crippen LogP contribution in [-0.2, 0) is 11.3 Å².